The number of anilines is 2. The number of halogens is 1. The van der Waals surface area contributed by atoms with Crippen LogP contribution in [0.2, 0.25) is 0 Å². The number of carbonyl (C=O) groups is 1. The summed E-state index contributed by atoms with van der Waals surface area (Å²) in [6, 6.07) is 17.8. The maximum absolute atomic E-state index is 13.6. The Balaban J connectivity index is 1.59. The van der Waals surface area contributed by atoms with Crippen molar-refractivity contribution in [3.05, 3.63) is 89.5 Å². The fourth-order valence-electron chi connectivity index (χ4n) is 2.62. The van der Waals surface area contributed by atoms with E-state index in [1.54, 1.807) is 36.5 Å². The molecule has 0 aliphatic heterocycles. The van der Waals surface area contributed by atoms with Gasteiger partial charge in [-0.3, -0.25) is 4.79 Å². The highest BCUT2D eigenvalue weighted by Crippen LogP contribution is 2.18. The van der Waals surface area contributed by atoms with Crippen molar-refractivity contribution in [3.63, 3.8) is 0 Å². The first-order valence-corrected chi connectivity index (χ1v) is 8.87. The van der Waals surface area contributed by atoms with Crippen LogP contribution in [-0.4, -0.2) is 10.9 Å². The van der Waals surface area contributed by atoms with Gasteiger partial charge in [-0.1, -0.05) is 44.2 Å². The van der Waals surface area contributed by atoms with Gasteiger partial charge >= 0.3 is 0 Å². The van der Waals surface area contributed by atoms with Gasteiger partial charge in [0, 0.05) is 17.8 Å². The maximum atomic E-state index is 13.6. The van der Waals surface area contributed by atoms with Gasteiger partial charge in [-0.15, -0.1) is 0 Å². The zero-order valence-corrected chi connectivity index (χ0v) is 15.4. The number of amides is 1. The summed E-state index contributed by atoms with van der Waals surface area (Å²) >= 11 is 0. The van der Waals surface area contributed by atoms with Crippen LogP contribution in [0.15, 0.2) is 66.9 Å². The summed E-state index contributed by atoms with van der Waals surface area (Å²) in [5.74, 6) is -0.0776. The molecule has 1 aromatic heterocycles. The summed E-state index contributed by atoms with van der Waals surface area (Å²) in [6.45, 7) is 4.60. The van der Waals surface area contributed by atoms with E-state index in [-0.39, 0.29) is 11.7 Å². The Labute approximate surface area is 158 Å². The van der Waals surface area contributed by atoms with Gasteiger partial charge in [0.1, 0.15) is 11.5 Å². The minimum absolute atomic E-state index is 0.252. The molecule has 0 bridgehead atoms. The van der Waals surface area contributed by atoms with Crippen molar-refractivity contribution >= 4 is 17.3 Å². The molecule has 0 aliphatic carbocycles. The van der Waals surface area contributed by atoms with Gasteiger partial charge in [-0.2, -0.15) is 0 Å². The highest BCUT2D eigenvalue weighted by molar-refractivity contribution is 6.02. The Morgan fingerprint density at radius 2 is 1.70 bits per heavy atom. The number of carbonyl (C=O) groups excluding carboxylic acids is 1. The number of hydrogen-bond acceptors (Lipinski definition) is 3. The Kier molecular flexibility index (Phi) is 5.81. The van der Waals surface area contributed by atoms with Gasteiger partial charge in [-0.05, 0) is 41.8 Å². The van der Waals surface area contributed by atoms with E-state index in [4.69, 9.17) is 0 Å². The van der Waals surface area contributed by atoms with E-state index in [1.165, 1.54) is 11.6 Å². The Morgan fingerprint density at radius 3 is 2.33 bits per heavy atom. The highest BCUT2D eigenvalue weighted by Gasteiger charge is 2.08. The lowest BCUT2D eigenvalue weighted by Crippen LogP contribution is -2.13. The van der Waals surface area contributed by atoms with E-state index in [0.717, 1.165) is 11.4 Å². The average molecular weight is 363 g/mol. The third-order valence-corrected chi connectivity index (χ3v) is 4.27. The first kappa shape index (κ1) is 18.6. The van der Waals surface area contributed by atoms with Crippen LogP contribution in [0.1, 0.15) is 41.4 Å². The SMILES string of the molecule is CC(C)c1ccc(NC(=O)c2ccc(NCc3ccccc3F)cn2)cc1. The van der Waals surface area contributed by atoms with Gasteiger partial charge < -0.3 is 10.6 Å². The molecule has 0 unspecified atom stereocenters. The molecule has 0 atom stereocenters. The third-order valence-electron chi connectivity index (χ3n) is 4.27. The number of hydrogen-bond donors (Lipinski definition) is 2. The predicted molar refractivity (Wildman–Crippen MR) is 106 cm³/mol. The van der Waals surface area contributed by atoms with Gasteiger partial charge in [-0.25, -0.2) is 9.37 Å². The Bertz CT molecular complexity index is 906. The molecular weight excluding hydrogens is 341 g/mol. The van der Waals surface area contributed by atoms with Crippen molar-refractivity contribution in [1.29, 1.82) is 0 Å². The maximum Gasteiger partial charge on any atom is 0.274 e. The van der Waals surface area contributed by atoms with Crippen LogP contribution >= 0.6 is 0 Å². The van der Waals surface area contributed by atoms with Crippen LogP contribution in [-0.2, 0) is 6.54 Å². The van der Waals surface area contributed by atoms with Crippen LogP contribution in [0.25, 0.3) is 0 Å². The molecule has 1 amide bonds. The van der Waals surface area contributed by atoms with Crippen molar-refractivity contribution in [2.24, 2.45) is 0 Å². The molecule has 3 aromatic rings. The molecule has 2 aromatic carbocycles. The summed E-state index contributed by atoms with van der Waals surface area (Å²) in [6.07, 6.45) is 1.57. The summed E-state index contributed by atoms with van der Waals surface area (Å²) < 4.78 is 13.6. The van der Waals surface area contributed by atoms with Gasteiger partial charge in [0.2, 0.25) is 0 Å². The number of rotatable bonds is 6. The number of benzene rings is 2. The van der Waals surface area contributed by atoms with Crippen LogP contribution in [0, 0.1) is 5.82 Å². The molecule has 0 aliphatic rings. The van der Waals surface area contributed by atoms with Gasteiger partial charge in [0.05, 0.1) is 11.9 Å². The molecule has 27 heavy (non-hydrogen) atoms. The second kappa shape index (κ2) is 8.45. The Morgan fingerprint density at radius 1 is 1.00 bits per heavy atom. The van der Waals surface area contributed by atoms with E-state index >= 15 is 0 Å². The largest absolute Gasteiger partial charge is 0.380 e. The molecule has 0 saturated heterocycles. The number of aromatic nitrogens is 1. The first-order valence-electron chi connectivity index (χ1n) is 8.87. The number of nitrogens with one attached hydrogen (secondary N) is 2. The molecule has 3 rings (SSSR count). The third kappa shape index (κ3) is 4.91. The van der Waals surface area contributed by atoms with E-state index in [9.17, 15) is 9.18 Å². The second-order valence-corrected chi connectivity index (χ2v) is 6.61. The number of pyridine rings is 1. The fourth-order valence-corrected chi connectivity index (χ4v) is 2.62. The lowest BCUT2D eigenvalue weighted by molar-refractivity contribution is 0.102. The fraction of sp³-hybridized carbons (Fsp3) is 0.182. The molecule has 2 N–H and O–H groups in total. The molecule has 1 heterocycles. The average Bonchev–Trinajstić information content (AvgIpc) is 2.68. The second-order valence-electron chi connectivity index (χ2n) is 6.61. The normalized spacial score (nSPS) is 10.7. The molecule has 0 saturated carbocycles. The molecule has 4 nitrogen and oxygen atoms in total. The van der Waals surface area contributed by atoms with Gasteiger partial charge in [0.15, 0.2) is 0 Å². The first-order chi connectivity index (χ1) is 13.0. The molecular formula is C22H22FN3O. The van der Waals surface area contributed by atoms with E-state index in [2.05, 4.69) is 29.5 Å². The van der Waals surface area contributed by atoms with Crippen LogP contribution in [0.4, 0.5) is 15.8 Å². The summed E-state index contributed by atoms with van der Waals surface area (Å²) in [7, 11) is 0. The molecule has 0 spiro atoms. The topological polar surface area (TPSA) is 54.0 Å². The van der Waals surface area contributed by atoms with E-state index in [0.29, 0.717) is 23.7 Å². The van der Waals surface area contributed by atoms with Crippen molar-refractivity contribution in [2.45, 2.75) is 26.3 Å². The predicted octanol–water partition coefficient (Wildman–Crippen LogP) is 5.21. The van der Waals surface area contributed by atoms with Crippen molar-refractivity contribution in [2.75, 3.05) is 10.6 Å². The zero-order valence-electron chi connectivity index (χ0n) is 15.4. The lowest BCUT2D eigenvalue weighted by Gasteiger charge is -2.09. The smallest absolute Gasteiger partial charge is 0.274 e. The molecule has 0 radical (unpaired) electrons. The van der Waals surface area contributed by atoms with E-state index < -0.39 is 0 Å². The minimum atomic E-state index is -0.270. The monoisotopic (exact) mass is 363 g/mol. The van der Waals surface area contributed by atoms with E-state index in [1.807, 2.05) is 24.3 Å². The molecule has 138 valence electrons. The Hall–Kier alpha value is -3.21. The molecule has 5 heteroatoms. The minimum Gasteiger partial charge on any atom is -0.380 e. The summed E-state index contributed by atoms with van der Waals surface area (Å²) in [4.78, 5) is 16.5. The zero-order chi connectivity index (χ0) is 19.2. The highest BCUT2D eigenvalue weighted by atomic mass is 19.1. The van der Waals surface area contributed by atoms with Crippen molar-refractivity contribution < 1.29 is 9.18 Å². The lowest BCUT2D eigenvalue weighted by atomic mass is 10.0. The van der Waals surface area contributed by atoms with Crippen molar-refractivity contribution in [3.8, 4) is 0 Å². The number of nitrogens with zero attached hydrogens (tertiary/aromatic N) is 1. The summed E-state index contributed by atoms with van der Waals surface area (Å²) in [5.41, 5.74) is 3.56. The van der Waals surface area contributed by atoms with Crippen LogP contribution < -0.4 is 10.6 Å². The van der Waals surface area contributed by atoms with Crippen molar-refractivity contribution in [1.82, 2.24) is 4.98 Å². The molecule has 0 fully saturated rings. The van der Waals surface area contributed by atoms with Gasteiger partial charge in [0.25, 0.3) is 5.91 Å². The summed E-state index contributed by atoms with van der Waals surface area (Å²) in [5, 5.41) is 5.94. The standard InChI is InChI=1S/C22H22FN3O/c1-15(2)16-7-9-18(10-8-16)26-22(27)21-12-11-19(14-25-21)24-13-17-5-3-4-6-20(17)23/h3-12,14-15,24H,13H2,1-2H3,(H,26,27). The van der Waals surface area contributed by atoms with Crippen LogP contribution in [0.5, 0.6) is 0 Å². The van der Waals surface area contributed by atoms with Crippen LogP contribution in [0.3, 0.4) is 0 Å². The quantitative estimate of drug-likeness (QED) is 0.632.